The zero-order chi connectivity index (χ0) is 13.0. The van der Waals surface area contributed by atoms with Crippen molar-refractivity contribution in [3.05, 3.63) is 29.8 Å². The van der Waals surface area contributed by atoms with E-state index in [1.807, 2.05) is 6.07 Å². The van der Waals surface area contributed by atoms with E-state index in [2.05, 4.69) is 5.32 Å². The minimum Gasteiger partial charge on any atom is -0.508 e. The molecule has 2 N–H and O–H groups in total. The molecule has 98 valence electrons. The van der Waals surface area contributed by atoms with Crippen LogP contribution in [0.5, 0.6) is 5.75 Å². The highest BCUT2D eigenvalue weighted by atomic mass is 16.5. The number of rotatable bonds is 5. The maximum atomic E-state index is 11.8. The Morgan fingerprint density at radius 3 is 2.78 bits per heavy atom. The van der Waals surface area contributed by atoms with E-state index >= 15 is 0 Å². The first kappa shape index (κ1) is 12.9. The van der Waals surface area contributed by atoms with Crippen molar-refractivity contribution in [2.24, 2.45) is 0 Å². The molecule has 0 aliphatic heterocycles. The second-order valence-electron chi connectivity index (χ2n) is 4.67. The fourth-order valence-corrected chi connectivity index (χ4v) is 2.14. The molecule has 0 radical (unpaired) electrons. The van der Waals surface area contributed by atoms with Gasteiger partial charge in [0.05, 0.1) is 13.0 Å². The van der Waals surface area contributed by atoms with Gasteiger partial charge in [0.25, 0.3) is 0 Å². The predicted octanol–water partition coefficient (Wildman–Crippen LogP) is 1.79. The van der Waals surface area contributed by atoms with Crippen LogP contribution in [0.2, 0.25) is 0 Å². The fourth-order valence-electron chi connectivity index (χ4n) is 2.14. The lowest BCUT2D eigenvalue weighted by Crippen LogP contribution is -2.39. The zero-order valence-corrected chi connectivity index (χ0v) is 10.6. The summed E-state index contributed by atoms with van der Waals surface area (Å²) in [5.74, 6) is -0.622. The van der Waals surface area contributed by atoms with Gasteiger partial charge in [-0.05, 0) is 18.9 Å². The molecule has 0 heterocycles. The van der Waals surface area contributed by atoms with E-state index in [0.717, 1.165) is 12.8 Å². The van der Waals surface area contributed by atoms with Crippen molar-refractivity contribution in [1.29, 1.82) is 0 Å². The minimum atomic E-state index is -0.447. The number of benzene rings is 1. The van der Waals surface area contributed by atoms with E-state index in [9.17, 15) is 9.90 Å². The molecule has 1 atom stereocenters. The molecule has 1 fully saturated rings. The second kappa shape index (κ2) is 5.87. The van der Waals surface area contributed by atoms with E-state index in [1.54, 1.807) is 18.2 Å². The first-order chi connectivity index (χ1) is 8.72. The van der Waals surface area contributed by atoms with Gasteiger partial charge in [-0.3, -0.25) is 4.79 Å². The van der Waals surface area contributed by atoms with E-state index in [0.29, 0.717) is 18.2 Å². The number of hydrogen-bond donors (Lipinski definition) is 2. The van der Waals surface area contributed by atoms with Gasteiger partial charge < -0.3 is 15.2 Å². The molecule has 4 nitrogen and oxygen atoms in total. The molecule has 1 aromatic rings. The molecule has 4 heteroatoms. The molecule has 1 aliphatic carbocycles. The van der Waals surface area contributed by atoms with Crippen molar-refractivity contribution >= 4 is 5.97 Å². The Bertz CT molecular complexity index is 415. The maximum absolute atomic E-state index is 11.8. The summed E-state index contributed by atoms with van der Waals surface area (Å²) in [6.45, 7) is 0.509. The smallest absolute Gasteiger partial charge is 0.314 e. The number of hydrogen-bond acceptors (Lipinski definition) is 4. The zero-order valence-electron chi connectivity index (χ0n) is 10.6. The number of aromatic hydroxyl groups is 1. The molecule has 0 saturated heterocycles. The highest BCUT2D eigenvalue weighted by molar-refractivity contribution is 5.79. The molecular weight excluding hydrogens is 230 g/mol. The normalized spacial score (nSPS) is 16.9. The van der Waals surface area contributed by atoms with Crippen molar-refractivity contribution in [3.8, 4) is 5.75 Å². The van der Waals surface area contributed by atoms with Gasteiger partial charge in [0.2, 0.25) is 0 Å². The van der Waals surface area contributed by atoms with Crippen molar-refractivity contribution in [2.45, 2.75) is 31.2 Å². The Kier molecular flexibility index (Phi) is 4.20. The number of methoxy groups -OCH3 is 1. The average Bonchev–Trinajstić information content (AvgIpc) is 2.33. The van der Waals surface area contributed by atoms with Crippen LogP contribution in [0.25, 0.3) is 0 Å². The summed E-state index contributed by atoms with van der Waals surface area (Å²) in [6.07, 6.45) is 3.57. The molecule has 0 amide bonds. The second-order valence-corrected chi connectivity index (χ2v) is 4.67. The number of phenolic OH excluding ortho intramolecular Hbond substituents is 1. The lowest BCUT2D eigenvalue weighted by Gasteiger charge is -2.28. The molecule has 1 aliphatic rings. The summed E-state index contributed by atoms with van der Waals surface area (Å²) in [5.41, 5.74) is 0.621. The highest BCUT2D eigenvalue weighted by Crippen LogP contribution is 2.27. The Morgan fingerprint density at radius 1 is 1.50 bits per heavy atom. The van der Waals surface area contributed by atoms with Gasteiger partial charge in [0.1, 0.15) is 5.75 Å². The lowest BCUT2D eigenvalue weighted by molar-refractivity contribution is -0.142. The number of para-hydroxylation sites is 1. The largest absolute Gasteiger partial charge is 0.508 e. The molecular formula is C14H19NO3. The summed E-state index contributed by atoms with van der Waals surface area (Å²) in [5, 5.41) is 13.2. The van der Waals surface area contributed by atoms with Crippen molar-refractivity contribution in [1.82, 2.24) is 5.32 Å². The SMILES string of the molecule is COC(=O)C(CNC1CCC1)c1ccccc1O. The van der Waals surface area contributed by atoms with Crippen LogP contribution in [0.4, 0.5) is 0 Å². The van der Waals surface area contributed by atoms with E-state index in [4.69, 9.17) is 4.74 Å². The van der Waals surface area contributed by atoms with Gasteiger partial charge in [-0.25, -0.2) is 0 Å². The summed E-state index contributed by atoms with van der Waals surface area (Å²) < 4.78 is 4.82. The molecule has 0 aromatic heterocycles. The monoisotopic (exact) mass is 249 g/mol. The molecule has 0 spiro atoms. The molecule has 2 rings (SSSR count). The first-order valence-corrected chi connectivity index (χ1v) is 6.31. The Morgan fingerprint density at radius 2 is 2.22 bits per heavy atom. The van der Waals surface area contributed by atoms with Crippen LogP contribution in [-0.2, 0) is 9.53 Å². The van der Waals surface area contributed by atoms with Gasteiger partial charge in [-0.1, -0.05) is 24.6 Å². The minimum absolute atomic E-state index is 0.142. The van der Waals surface area contributed by atoms with E-state index in [1.165, 1.54) is 13.5 Å². The third-order valence-electron chi connectivity index (χ3n) is 3.51. The van der Waals surface area contributed by atoms with E-state index < -0.39 is 5.92 Å². The molecule has 0 bridgehead atoms. The van der Waals surface area contributed by atoms with Crippen LogP contribution in [-0.4, -0.2) is 30.8 Å². The Labute approximate surface area is 107 Å². The number of phenols is 1. The van der Waals surface area contributed by atoms with Crippen LogP contribution in [0.15, 0.2) is 24.3 Å². The highest BCUT2D eigenvalue weighted by Gasteiger charge is 2.26. The van der Waals surface area contributed by atoms with Crippen molar-refractivity contribution in [3.63, 3.8) is 0 Å². The molecule has 1 unspecified atom stereocenters. The summed E-state index contributed by atoms with van der Waals surface area (Å²) in [7, 11) is 1.37. The first-order valence-electron chi connectivity index (χ1n) is 6.31. The van der Waals surface area contributed by atoms with Crippen molar-refractivity contribution < 1.29 is 14.6 Å². The van der Waals surface area contributed by atoms with Gasteiger partial charge in [0.15, 0.2) is 0 Å². The average molecular weight is 249 g/mol. The number of esters is 1. The summed E-state index contributed by atoms with van der Waals surface area (Å²) in [4.78, 5) is 11.8. The topological polar surface area (TPSA) is 58.6 Å². The number of carbonyl (C=O) groups is 1. The summed E-state index contributed by atoms with van der Waals surface area (Å²) in [6, 6.07) is 7.41. The third kappa shape index (κ3) is 2.82. The summed E-state index contributed by atoms with van der Waals surface area (Å²) >= 11 is 0. The van der Waals surface area contributed by atoms with Crippen molar-refractivity contribution in [2.75, 3.05) is 13.7 Å². The van der Waals surface area contributed by atoms with Gasteiger partial charge in [-0.15, -0.1) is 0 Å². The van der Waals surface area contributed by atoms with Crippen LogP contribution in [0.3, 0.4) is 0 Å². The third-order valence-corrected chi connectivity index (χ3v) is 3.51. The molecule has 18 heavy (non-hydrogen) atoms. The number of ether oxygens (including phenoxy) is 1. The fraction of sp³-hybridized carbons (Fsp3) is 0.500. The molecule has 1 aromatic carbocycles. The van der Waals surface area contributed by atoms with Crippen LogP contribution < -0.4 is 5.32 Å². The van der Waals surface area contributed by atoms with Crippen LogP contribution in [0.1, 0.15) is 30.7 Å². The molecule has 1 saturated carbocycles. The standard InChI is InChI=1S/C14H19NO3/c1-18-14(17)12(9-15-10-5-4-6-10)11-7-2-3-8-13(11)16/h2-3,7-8,10,12,15-16H,4-6,9H2,1H3. The maximum Gasteiger partial charge on any atom is 0.314 e. The van der Waals surface area contributed by atoms with E-state index in [-0.39, 0.29) is 11.7 Å². The van der Waals surface area contributed by atoms with Crippen LogP contribution in [0, 0.1) is 0 Å². The quantitative estimate of drug-likeness (QED) is 0.781. The van der Waals surface area contributed by atoms with Gasteiger partial charge >= 0.3 is 5.97 Å². The Balaban J connectivity index is 2.08. The Hall–Kier alpha value is -1.55. The van der Waals surface area contributed by atoms with Crippen LogP contribution >= 0.6 is 0 Å². The predicted molar refractivity (Wildman–Crippen MR) is 68.5 cm³/mol. The number of carbonyl (C=O) groups excluding carboxylic acids is 1. The van der Waals surface area contributed by atoms with Gasteiger partial charge in [0, 0.05) is 18.2 Å². The lowest BCUT2D eigenvalue weighted by atomic mass is 9.91. The van der Waals surface area contributed by atoms with Gasteiger partial charge in [-0.2, -0.15) is 0 Å². The number of nitrogens with one attached hydrogen (secondary N) is 1.